The summed E-state index contributed by atoms with van der Waals surface area (Å²) in [6.07, 6.45) is 0. The van der Waals surface area contributed by atoms with E-state index in [1.54, 1.807) is 6.07 Å². The van der Waals surface area contributed by atoms with E-state index in [2.05, 4.69) is 26.2 Å². The van der Waals surface area contributed by atoms with E-state index < -0.39 is 0 Å². The van der Waals surface area contributed by atoms with Gasteiger partial charge in [-0.15, -0.1) is 0 Å². The quantitative estimate of drug-likeness (QED) is 0.716. The zero-order chi connectivity index (χ0) is 14.8. The van der Waals surface area contributed by atoms with Crippen molar-refractivity contribution in [1.29, 1.82) is 0 Å². The van der Waals surface area contributed by atoms with Crippen molar-refractivity contribution in [3.8, 4) is 0 Å². The van der Waals surface area contributed by atoms with Crippen molar-refractivity contribution >= 4 is 44.1 Å². The number of H-pyrrole nitrogens is 1. The number of halogens is 2. The third-order valence-electron chi connectivity index (χ3n) is 3.23. The molecule has 0 amide bonds. The van der Waals surface area contributed by atoms with Gasteiger partial charge in [0, 0.05) is 32.8 Å². The Kier molecular flexibility index (Phi) is 3.99. The number of hydrogen-bond donors (Lipinski definition) is 2. The summed E-state index contributed by atoms with van der Waals surface area (Å²) in [6.45, 7) is 0.445. The highest BCUT2D eigenvalue weighted by Crippen LogP contribution is 2.26. The monoisotopic (exact) mass is 362 g/mol. The second-order valence-corrected chi connectivity index (χ2v) is 5.98. The van der Waals surface area contributed by atoms with Gasteiger partial charge in [0.05, 0.1) is 0 Å². The molecule has 0 atom stereocenters. The minimum Gasteiger partial charge on any atom is -0.380 e. The lowest BCUT2D eigenvalue weighted by atomic mass is 10.1. The van der Waals surface area contributed by atoms with Gasteiger partial charge < -0.3 is 10.3 Å². The molecule has 106 valence electrons. The van der Waals surface area contributed by atoms with E-state index in [1.807, 2.05) is 42.5 Å². The Bertz CT molecular complexity index is 860. The van der Waals surface area contributed by atoms with Gasteiger partial charge in [-0.3, -0.25) is 4.79 Å². The number of anilines is 1. The molecule has 1 aromatic heterocycles. The number of rotatable bonds is 3. The van der Waals surface area contributed by atoms with Crippen LogP contribution in [0.1, 0.15) is 5.56 Å². The highest BCUT2D eigenvalue weighted by Gasteiger charge is 2.05. The molecule has 2 aromatic carbocycles. The van der Waals surface area contributed by atoms with Crippen molar-refractivity contribution in [2.75, 3.05) is 5.32 Å². The smallest absolute Gasteiger partial charge is 0.253 e. The Morgan fingerprint density at radius 2 is 1.95 bits per heavy atom. The van der Waals surface area contributed by atoms with Gasteiger partial charge in [0.25, 0.3) is 5.56 Å². The molecule has 5 heteroatoms. The normalized spacial score (nSPS) is 10.8. The van der Waals surface area contributed by atoms with Gasteiger partial charge in [-0.25, -0.2) is 0 Å². The largest absolute Gasteiger partial charge is 0.380 e. The van der Waals surface area contributed by atoms with Crippen LogP contribution in [0.4, 0.5) is 5.69 Å². The number of fused-ring (bicyclic) bond motifs is 1. The van der Waals surface area contributed by atoms with Crippen molar-refractivity contribution in [2.24, 2.45) is 0 Å². The number of para-hydroxylation sites is 1. The van der Waals surface area contributed by atoms with E-state index >= 15 is 0 Å². The Balaban J connectivity index is 1.88. The molecule has 0 saturated carbocycles. The lowest BCUT2D eigenvalue weighted by molar-refractivity contribution is 1.09. The van der Waals surface area contributed by atoms with Gasteiger partial charge in [-0.1, -0.05) is 29.8 Å². The third kappa shape index (κ3) is 3.12. The van der Waals surface area contributed by atoms with Gasteiger partial charge in [0.2, 0.25) is 0 Å². The summed E-state index contributed by atoms with van der Waals surface area (Å²) in [7, 11) is 0. The molecule has 2 N–H and O–H groups in total. The average Bonchev–Trinajstić information content (AvgIpc) is 2.46. The molecule has 0 unspecified atom stereocenters. The fraction of sp³-hybridized carbons (Fsp3) is 0.0625. The Morgan fingerprint density at radius 1 is 1.14 bits per heavy atom. The van der Waals surface area contributed by atoms with Gasteiger partial charge in [0.15, 0.2) is 0 Å². The molecule has 21 heavy (non-hydrogen) atoms. The van der Waals surface area contributed by atoms with E-state index in [0.717, 1.165) is 21.1 Å². The summed E-state index contributed by atoms with van der Waals surface area (Å²) in [5.74, 6) is 0. The number of aromatic amines is 1. The molecule has 3 rings (SSSR count). The van der Waals surface area contributed by atoms with Crippen LogP contribution >= 0.6 is 27.5 Å². The van der Waals surface area contributed by atoms with Crippen LogP contribution in [-0.2, 0) is 6.54 Å². The van der Waals surface area contributed by atoms with Gasteiger partial charge >= 0.3 is 0 Å². The molecule has 0 bridgehead atoms. The number of aromatic nitrogens is 1. The SMILES string of the molecule is O=c1[nH]c2ccccc2cc1CNc1ccc(Cl)cc1Br. The fourth-order valence-electron chi connectivity index (χ4n) is 2.15. The van der Waals surface area contributed by atoms with Gasteiger partial charge in [-0.05, 0) is 51.6 Å². The zero-order valence-electron chi connectivity index (χ0n) is 11.0. The van der Waals surface area contributed by atoms with E-state index in [9.17, 15) is 4.79 Å². The van der Waals surface area contributed by atoms with Crippen molar-refractivity contribution < 1.29 is 0 Å². The van der Waals surface area contributed by atoms with Crippen molar-refractivity contribution in [1.82, 2.24) is 4.98 Å². The van der Waals surface area contributed by atoms with Gasteiger partial charge in [-0.2, -0.15) is 0 Å². The standard InChI is InChI=1S/C16H12BrClN2O/c17-13-8-12(18)5-6-15(13)19-9-11-7-10-3-1-2-4-14(10)20-16(11)21/h1-8,19H,9H2,(H,20,21). The number of benzene rings is 2. The summed E-state index contributed by atoms with van der Waals surface area (Å²) in [4.78, 5) is 15.0. The van der Waals surface area contributed by atoms with Crippen LogP contribution < -0.4 is 10.9 Å². The first-order valence-corrected chi connectivity index (χ1v) is 7.60. The first kappa shape index (κ1) is 14.2. The average molecular weight is 364 g/mol. The van der Waals surface area contributed by atoms with Crippen molar-refractivity contribution in [3.05, 3.63) is 73.9 Å². The molecule has 0 fully saturated rings. The maximum atomic E-state index is 12.1. The van der Waals surface area contributed by atoms with Crippen LogP contribution in [0.3, 0.4) is 0 Å². The van der Waals surface area contributed by atoms with Crippen LogP contribution in [0.15, 0.2) is 57.8 Å². The fourth-order valence-corrected chi connectivity index (χ4v) is 2.97. The predicted octanol–water partition coefficient (Wildman–Crippen LogP) is 4.56. The van der Waals surface area contributed by atoms with Crippen LogP contribution in [-0.4, -0.2) is 4.98 Å². The molecule has 0 saturated heterocycles. The molecule has 3 nitrogen and oxygen atoms in total. The maximum Gasteiger partial charge on any atom is 0.253 e. The topological polar surface area (TPSA) is 44.9 Å². The Hall–Kier alpha value is -1.78. The van der Waals surface area contributed by atoms with E-state index in [-0.39, 0.29) is 5.56 Å². The lowest BCUT2D eigenvalue weighted by Gasteiger charge is -2.09. The molecule has 0 radical (unpaired) electrons. The van der Waals surface area contributed by atoms with Crippen molar-refractivity contribution in [3.63, 3.8) is 0 Å². The van der Waals surface area contributed by atoms with Crippen LogP contribution in [0.25, 0.3) is 10.9 Å². The second-order valence-electron chi connectivity index (χ2n) is 4.69. The molecule has 1 heterocycles. The minimum atomic E-state index is -0.0775. The summed E-state index contributed by atoms with van der Waals surface area (Å²) in [6, 6.07) is 15.1. The van der Waals surface area contributed by atoms with E-state index in [1.165, 1.54) is 0 Å². The first-order chi connectivity index (χ1) is 10.1. The van der Waals surface area contributed by atoms with Crippen molar-refractivity contribution in [2.45, 2.75) is 6.54 Å². The van der Waals surface area contributed by atoms with E-state index in [0.29, 0.717) is 17.1 Å². The maximum absolute atomic E-state index is 12.1. The number of nitrogens with one attached hydrogen (secondary N) is 2. The number of hydrogen-bond acceptors (Lipinski definition) is 2. The molecule has 0 aliphatic heterocycles. The lowest BCUT2D eigenvalue weighted by Crippen LogP contribution is -2.15. The highest BCUT2D eigenvalue weighted by atomic mass is 79.9. The second kappa shape index (κ2) is 5.92. The molecular weight excluding hydrogens is 352 g/mol. The summed E-state index contributed by atoms with van der Waals surface area (Å²) in [5, 5.41) is 4.92. The summed E-state index contributed by atoms with van der Waals surface area (Å²) < 4.78 is 0.868. The Labute approximate surface area is 135 Å². The van der Waals surface area contributed by atoms with Crippen LogP contribution in [0.2, 0.25) is 5.02 Å². The molecule has 0 aliphatic rings. The van der Waals surface area contributed by atoms with Gasteiger partial charge in [0.1, 0.15) is 0 Å². The van der Waals surface area contributed by atoms with Crippen LogP contribution in [0, 0.1) is 0 Å². The first-order valence-electron chi connectivity index (χ1n) is 6.43. The zero-order valence-corrected chi connectivity index (χ0v) is 13.3. The molecular formula is C16H12BrClN2O. The molecule has 0 spiro atoms. The summed E-state index contributed by atoms with van der Waals surface area (Å²) in [5.41, 5.74) is 2.35. The Morgan fingerprint density at radius 3 is 2.76 bits per heavy atom. The molecule has 0 aliphatic carbocycles. The minimum absolute atomic E-state index is 0.0775. The predicted molar refractivity (Wildman–Crippen MR) is 91.0 cm³/mol. The highest BCUT2D eigenvalue weighted by molar-refractivity contribution is 9.10. The molecule has 3 aromatic rings. The number of pyridine rings is 1. The third-order valence-corrected chi connectivity index (χ3v) is 4.12. The van der Waals surface area contributed by atoms with E-state index in [4.69, 9.17) is 11.6 Å². The summed E-state index contributed by atoms with van der Waals surface area (Å²) >= 11 is 9.36. The van der Waals surface area contributed by atoms with Crippen LogP contribution in [0.5, 0.6) is 0 Å².